The maximum atomic E-state index is 12.3. The molecule has 110 valence electrons. The summed E-state index contributed by atoms with van der Waals surface area (Å²) in [5.74, 6) is -0.0775. The third-order valence-corrected chi connectivity index (χ3v) is 4.92. The minimum absolute atomic E-state index is 0.0775. The van der Waals surface area contributed by atoms with Crippen LogP contribution < -0.4 is 11.1 Å². The number of nitrogens with two attached hydrogens (primary N) is 1. The molecule has 1 aromatic heterocycles. The molecule has 0 aliphatic carbocycles. The number of pyridine rings is 1. The highest BCUT2D eigenvalue weighted by molar-refractivity contribution is 9.10. The summed E-state index contributed by atoms with van der Waals surface area (Å²) in [7, 11) is 0. The van der Waals surface area contributed by atoms with Gasteiger partial charge in [-0.15, -0.1) is 0 Å². The van der Waals surface area contributed by atoms with Crippen LogP contribution in [-0.2, 0) is 4.79 Å². The molecular formula is C15H16BrN3OS. The Labute approximate surface area is 136 Å². The highest BCUT2D eigenvalue weighted by Crippen LogP contribution is 2.29. The normalized spacial score (nSPS) is 12.0. The Hall–Kier alpha value is -1.53. The summed E-state index contributed by atoms with van der Waals surface area (Å²) in [6, 6.07) is 9.21. The minimum Gasteiger partial charge on any atom is -0.399 e. The molecule has 3 N–H and O–H groups in total. The Bertz CT molecular complexity index is 663. The van der Waals surface area contributed by atoms with Crippen molar-refractivity contribution in [3.8, 4) is 0 Å². The number of rotatable bonds is 4. The molecule has 1 amide bonds. The molecule has 21 heavy (non-hydrogen) atoms. The molecule has 2 aromatic rings. The van der Waals surface area contributed by atoms with Crippen LogP contribution in [0.2, 0.25) is 0 Å². The van der Waals surface area contributed by atoms with E-state index in [0.717, 1.165) is 20.7 Å². The fraction of sp³-hybridized carbons (Fsp3) is 0.200. The molecular weight excluding hydrogens is 350 g/mol. The van der Waals surface area contributed by atoms with Gasteiger partial charge in [0.25, 0.3) is 0 Å². The van der Waals surface area contributed by atoms with Gasteiger partial charge in [0.15, 0.2) is 0 Å². The Morgan fingerprint density at radius 2 is 2.19 bits per heavy atom. The van der Waals surface area contributed by atoms with Gasteiger partial charge < -0.3 is 11.1 Å². The molecule has 0 radical (unpaired) electrons. The number of halogens is 1. The fourth-order valence-electron chi connectivity index (χ4n) is 1.69. The highest BCUT2D eigenvalue weighted by atomic mass is 79.9. The average molecular weight is 366 g/mol. The summed E-state index contributed by atoms with van der Waals surface area (Å²) < 4.78 is 0.884. The zero-order chi connectivity index (χ0) is 15.4. The van der Waals surface area contributed by atoms with Crippen molar-refractivity contribution in [1.29, 1.82) is 0 Å². The number of amides is 1. The number of anilines is 2. The lowest BCUT2D eigenvalue weighted by Crippen LogP contribution is -2.23. The van der Waals surface area contributed by atoms with Crippen molar-refractivity contribution in [1.82, 2.24) is 4.98 Å². The molecule has 1 unspecified atom stereocenters. The average Bonchev–Trinajstić information content (AvgIpc) is 2.45. The molecule has 0 spiro atoms. The minimum atomic E-state index is -0.267. The second-order valence-corrected chi connectivity index (χ2v) is 6.80. The van der Waals surface area contributed by atoms with Crippen LogP contribution in [0.5, 0.6) is 0 Å². The zero-order valence-electron chi connectivity index (χ0n) is 11.8. The van der Waals surface area contributed by atoms with Crippen LogP contribution in [0.3, 0.4) is 0 Å². The van der Waals surface area contributed by atoms with Crippen molar-refractivity contribution in [2.75, 3.05) is 11.1 Å². The predicted molar refractivity (Wildman–Crippen MR) is 91.5 cm³/mol. The van der Waals surface area contributed by atoms with Crippen LogP contribution in [0, 0.1) is 6.92 Å². The summed E-state index contributed by atoms with van der Waals surface area (Å²) in [6.45, 7) is 3.78. The largest absolute Gasteiger partial charge is 0.399 e. The molecule has 1 atom stereocenters. The molecule has 4 nitrogen and oxygen atoms in total. The first-order valence-corrected chi connectivity index (χ1v) is 8.09. The topological polar surface area (TPSA) is 68.0 Å². The number of aromatic nitrogens is 1. The molecule has 0 aliphatic rings. The fourth-order valence-corrected chi connectivity index (χ4v) is 3.03. The van der Waals surface area contributed by atoms with Gasteiger partial charge in [-0.3, -0.25) is 4.79 Å². The monoisotopic (exact) mass is 365 g/mol. The highest BCUT2D eigenvalue weighted by Gasteiger charge is 2.17. The van der Waals surface area contributed by atoms with Crippen molar-refractivity contribution in [3.05, 3.63) is 46.6 Å². The Morgan fingerprint density at radius 3 is 2.90 bits per heavy atom. The second-order valence-electron chi connectivity index (χ2n) is 4.61. The second kappa shape index (κ2) is 6.95. The van der Waals surface area contributed by atoms with Crippen LogP contribution >= 0.6 is 27.7 Å². The van der Waals surface area contributed by atoms with Crippen LogP contribution in [0.1, 0.15) is 12.5 Å². The van der Waals surface area contributed by atoms with Crippen molar-refractivity contribution < 1.29 is 4.79 Å². The third-order valence-electron chi connectivity index (χ3n) is 2.90. The predicted octanol–water partition coefficient (Wildman–Crippen LogP) is 3.85. The number of carbonyl (C=O) groups excluding carboxylic acids is 1. The number of benzene rings is 1. The van der Waals surface area contributed by atoms with E-state index in [9.17, 15) is 4.79 Å². The third kappa shape index (κ3) is 4.22. The van der Waals surface area contributed by atoms with Crippen molar-refractivity contribution in [2.45, 2.75) is 24.1 Å². The molecule has 0 saturated heterocycles. The summed E-state index contributed by atoms with van der Waals surface area (Å²) in [5, 5.41) is 3.44. The van der Waals surface area contributed by atoms with Crippen LogP contribution in [0.15, 0.2) is 46.0 Å². The number of hydrogen-bond acceptors (Lipinski definition) is 4. The molecule has 1 heterocycles. The lowest BCUT2D eigenvalue weighted by atomic mass is 10.2. The number of aryl methyl sites for hydroxylation is 1. The van der Waals surface area contributed by atoms with E-state index in [1.807, 2.05) is 38.1 Å². The number of nitrogen functional groups attached to an aromatic ring is 1. The molecule has 1 aromatic carbocycles. The molecule has 0 aliphatic heterocycles. The number of nitrogens with zero attached hydrogens (tertiary/aromatic N) is 1. The van der Waals surface area contributed by atoms with Gasteiger partial charge in [0.05, 0.1) is 5.25 Å². The van der Waals surface area contributed by atoms with Gasteiger partial charge in [-0.05, 0) is 59.6 Å². The zero-order valence-corrected chi connectivity index (χ0v) is 14.2. The van der Waals surface area contributed by atoms with Crippen molar-refractivity contribution in [3.63, 3.8) is 0 Å². The first-order valence-electron chi connectivity index (χ1n) is 6.41. The SMILES string of the molecule is Cc1ccc(N)cc1NC(=O)C(C)Sc1ncccc1Br. The first-order chi connectivity index (χ1) is 9.97. The van der Waals surface area contributed by atoms with E-state index in [1.54, 1.807) is 12.3 Å². The Balaban J connectivity index is 2.06. The standard InChI is InChI=1S/C15H16BrN3OS/c1-9-5-6-11(17)8-13(9)19-14(20)10(2)21-15-12(16)4-3-7-18-15/h3-8,10H,17H2,1-2H3,(H,19,20). The van der Waals surface area contributed by atoms with Gasteiger partial charge in [-0.25, -0.2) is 4.98 Å². The molecule has 0 fully saturated rings. The van der Waals surface area contributed by atoms with E-state index in [0.29, 0.717) is 5.69 Å². The van der Waals surface area contributed by atoms with E-state index in [-0.39, 0.29) is 11.2 Å². The van der Waals surface area contributed by atoms with Gasteiger partial charge in [-0.2, -0.15) is 0 Å². The lowest BCUT2D eigenvalue weighted by Gasteiger charge is -2.14. The Kier molecular flexibility index (Phi) is 5.25. The maximum absolute atomic E-state index is 12.3. The van der Waals surface area contributed by atoms with E-state index < -0.39 is 0 Å². The van der Waals surface area contributed by atoms with Gasteiger partial charge in [0, 0.05) is 22.0 Å². The number of carbonyl (C=O) groups is 1. The Morgan fingerprint density at radius 1 is 1.43 bits per heavy atom. The number of hydrogen-bond donors (Lipinski definition) is 2. The van der Waals surface area contributed by atoms with Crippen molar-refractivity contribution in [2.24, 2.45) is 0 Å². The summed E-state index contributed by atoms with van der Waals surface area (Å²) in [5.41, 5.74) is 8.10. The molecule has 0 bridgehead atoms. The van der Waals surface area contributed by atoms with Gasteiger partial charge >= 0.3 is 0 Å². The van der Waals surface area contributed by atoms with Crippen LogP contribution in [0.25, 0.3) is 0 Å². The van der Waals surface area contributed by atoms with Gasteiger partial charge in [0.2, 0.25) is 5.91 Å². The first kappa shape index (κ1) is 15.9. The van der Waals surface area contributed by atoms with Crippen molar-refractivity contribution >= 4 is 45.0 Å². The molecule has 2 rings (SSSR count). The summed E-state index contributed by atoms with van der Waals surface area (Å²) in [6.07, 6.45) is 1.71. The smallest absolute Gasteiger partial charge is 0.237 e. The summed E-state index contributed by atoms with van der Waals surface area (Å²) >= 11 is 4.84. The summed E-state index contributed by atoms with van der Waals surface area (Å²) in [4.78, 5) is 16.5. The van der Waals surface area contributed by atoms with Crippen LogP contribution in [-0.4, -0.2) is 16.1 Å². The molecule has 0 saturated carbocycles. The quantitative estimate of drug-likeness (QED) is 0.637. The van der Waals surface area contributed by atoms with E-state index in [4.69, 9.17) is 5.73 Å². The van der Waals surface area contributed by atoms with Gasteiger partial charge in [-0.1, -0.05) is 17.8 Å². The number of thioether (sulfide) groups is 1. The molecule has 6 heteroatoms. The van der Waals surface area contributed by atoms with E-state index in [1.165, 1.54) is 11.8 Å². The van der Waals surface area contributed by atoms with Crippen LogP contribution in [0.4, 0.5) is 11.4 Å². The lowest BCUT2D eigenvalue weighted by molar-refractivity contribution is -0.115. The van der Waals surface area contributed by atoms with E-state index >= 15 is 0 Å². The maximum Gasteiger partial charge on any atom is 0.237 e. The van der Waals surface area contributed by atoms with E-state index in [2.05, 4.69) is 26.2 Å². The van der Waals surface area contributed by atoms with Gasteiger partial charge in [0.1, 0.15) is 5.03 Å². The number of nitrogens with one attached hydrogen (secondary N) is 1.